The Morgan fingerprint density at radius 1 is 1.19 bits per heavy atom. The number of nitrogens with zero attached hydrogens (tertiary/aromatic N) is 2. The van der Waals surface area contributed by atoms with Crippen LogP contribution in [0.25, 0.3) is 10.8 Å². The molecule has 0 radical (unpaired) electrons. The molecule has 0 aromatic heterocycles. The van der Waals surface area contributed by atoms with Crippen LogP contribution in [-0.2, 0) is 9.53 Å². The quantitative estimate of drug-likeness (QED) is 0.616. The Morgan fingerprint density at radius 2 is 1.96 bits per heavy atom. The average Bonchev–Trinajstić information content (AvgIpc) is 2.69. The number of carbonyl (C=O) groups excluding carboxylic acids is 1. The number of nitrogens with one attached hydrogen (secondary N) is 2. The van der Waals surface area contributed by atoms with Crippen molar-refractivity contribution in [2.45, 2.75) is 0 Å². The number of ether oxygens (including phenoxy) is 1. The van der Waals surface area contributed by atoms with E-state index in [1.54, 1.807) is 0 Å². The third-order valence-corrected chi connectivity index (χ3v) is 4.34. The number of rotatable bonds is 6. The first-order valence-corrected chi connectivity index (χ1v) is 8.71. The molecule has 0 atom stereocenters. The summed E-state index contributed by atoms with van der Waals surface area (Å²) in [5.74, 6) is -0.367. The Balaban J connectivity index is 1.58. The fraction of sp³-hybridized carbons (Fsp3) is 0.300. The number of hydrogen-bond acceptors (Lipinski definition) is 5. The molecule has 1 saturated heterocycles. The van der Waals surface area contributed by atoms with Crippen LogP contribution in [0.5, 0.6) is 0 Å². The smallest absolute Gasteiger partial charge is 0.263 e. The van der Waals surface area contributed by atoms with Crippen molar-refractivity contribution in [1.29, 1.82) is 5.26 Å². The zero-order valence-electron chi connectivity index (χ0n) is 14.6. The van der Waals surface area contributed by atoms with Gasteiger partial charge in [-0.25, -0.2) is 0 Å². The van der Waals surface area contributed by atoms with E-state index in [9.17, 15) is 10.1 Å². The minimum Gasteiger partial charge on any atom is -0.379 e. The van der Waals surface area contributed by atoms with Gasteiger partial charge >= 0.3 is 0 Å². The lowest BCUT2D eigenvalue weighted by Gasteiger charge is -2.26. The zero-order valence-corrected chi connectivity index (χ0v) is 14.6. The SMILES string of the molecule is N#C/C(=C/Nc1cccc2ccccc12)C(=O)NCCN1CCOCC1. The van der Waals surface area contributed by atoms with Crippen molar-refractivity contribution >= 4 is 22.4 Å². The maximum Gasteiger partial charge on any atom is 0.263 e. The summed E-state index contributed by atoms with van der Waals surface area (Å²) in [7, 11) is 0. The fourth-order valence-electron chi connectivity index (χ4n) is 2.90. The number of benzene rings is 2. The van der Waals surface area contributed by atoms with Crippen LogP contribution in [0.15, 0.2) is 54.2 Å². The summed E-state index contributed by atoms with van der Waals surface area (Å²) >= 11 is 0. The number of anilines is 1. The summed E-state index contributed by atoms with van der Waals surface area (Å²) in [5.41, 5.74) is 0.914. The summed E-state index contributed by atoms with van der Waals surface area (Å²) in [4.78, 5) is 14.4. The molecule has 134 valence electrons. The standard InChI is InChI=1S/C20H22N4O2/c21-14-17(20(25)22-8-9-24-10-12-26-13-11-24)15-23-19-7-3-5-16-4-1-2-6-18(16)19/h1-7,15,23H,8-13H2,(H,22,25)/b17-15-. The molecular weight excluding hydrogens is 328 g/mol. The fourth-order valence-corrected chi connectivity index (χ4v) is 2.90. The van der Waals surface area contributed by atoms with Crippen molar-refractivity contribution in [2.75, 3.05) is 44.7 Å². The molecule has 1 aliphatic heterocycles. The Hall–Kier alpha value is -2.88. The van der Waals surface area contributed by atoms with Gasteiger partial charge in [-0.2, -0.15) is 5.26 Å². The van der Waals surface area contributed by atoms with Gasteiger partial charge in [0, 0.05) is 43.5 Å². The maximum atomic E-state index is 12.2. The van der Waals surface area contributed by atoms with Gasteiger partial charge in [-0.1, -0.05) is 36.4 Å². The summed E-state index contributed by atoms with van der Waals surface area (Å²) in [6, 6.07) is 15.8. The summed E-state index contributed by atoms with van der Waals surface area (Å²) in [6.45, 7) is 4.47. The molecular formula is C20H22N4O2. The molecule has 0 aliphatic carbocycles. The van der Waals surface area contributed by atoms with Crippen LogP contribution in [-0.4, -0.2) is 50.2 Å². The van der Waals surface area contributed by atoms with E-state index >= 15 is 0 Å². The summed E-state index contributed by atoms with van der Waals surface area (Å²) < 4.78 is 5.30. The third-order valence-electron chi connectivity index (χ3n) is 4.34. The molecule has 0 unspecified atom stereocenters. The number of amides is 1. The highest BCUT2D eigenvalue weighted by Crippen LogP contribution is 2.23. The first-order chi connectivity index (χ1) is 12.8. The van der Waals surface area contributed by atoms with E-state index in [0.29, 0.717) is 6.54 Å². The second kappa shape index (κ2) is 8.99. The van der Waals surface area contributed by atoms with Crippen LogP contribution in [0.2, 0.25) is 0 Å². The monoisotopic (exact) mass is 350 g/mol. The van der Waals surface area contributed by atoms with Gasteiger partial charge in [-0.3, -0.25) is 9.69 Å². The Bertz CT molecular complexity index is 830. The van der Waals surface area contributed by atoms with Crippen LogP contribution in [0.4, 0.5) is 5.69 Å². The van der Waals surface area contributed by atoms with Gasteiger partial charge in [0.15, 0.2) is 0 Å². The topological polar surface area (TPSA) is 77.4 Å². The van der Waals surface area contributed by atoms with Gasteiger partial charge in [0.2, 0.25) is 0 Å². The third kappa shape index (κ3) is 4.60. The molecule has 26 heavy (non-hydrogen) atoms. The van der Waals surface area contributed by atoms with Gasteiger partial charge in [0.05, 0.1) is 13.2 Å². The van der Waals surface area contributed by atoms with E-state index < -0.39 is 0 Å². The van der Waals surface area contributed by atoms with Crippen molar-refractivity contribution in [1.82, 2.24) is 10.2 Å². The number of nitriles is 1. The summed E-state index contributed by atoms with van der Waals surface area (Å²) in [6.07, 6.45) is 1.46. The highest BCUT2D eigenvalue weighted by molar-refractivity contribution is 5.98. The van der Waals surface area contributed by atoms with E-state index in [2.05, 4.69) is 15.5 Å². The van der Waals surface area contributed by atoms with Crippen LogP contribution < -0.4 is 10.6 Å². The van der Waals surface area contributed by atoms with Gasteiger partial charge in [-0.15, -0.1) is 0 Å². The second-order valence-corrected chi connectivity index (χ2v) is 6.05. The van der Waals surface area contributed by atoms with Gasteiger partial charge in [-0.05, 0) is 11.5 Å². The van der Waals surface area contributed by atoms with Crippen LogP contribution in [0.1, 0.15) is 0 Å². The number of hydrogen-bond donors (Lipinski definition) is 2. The van der Waals surface area contributed by atoms with Gasteiger partial charge in [0.1, 0.15) is 11.6 Å². The van der Waals surface area contributed by atoms with Crippen molar-refractivity contribution < 1.29 is 9.53 Å². The molecule has 6 nitrogen and oxygen atoms in total. The lowest BCUT2D eigenvalue weighted by Crippen LogP contribution is -2.41. The summed E-state index contributed by atoms with van der Waals surface area (Å²) in [5, 5.41) is 17.3. The molecule has 0 spiro atoms. The predicted octanol–water partition coefficient (Wildman–Crippen LogP) is 2.11. The highest BCUT2D eigenvalue weighted by Gasteiger charge is 2.12. The van der Waals surface area contributed by atoms with Crippen LogP contribution in [0, 0.1) is 11.3 Å². The average molecular weight is 350 g/mol. The number of carbonyl (C=O) groups is 1. The predicted molar refractivity (Wildman–Crippen MR) is 102 cm³/mol. The van der Waals surface area contributed by atoms with E-state index in [0.717, 1.165) is 49.3 Å². The Morgan fingerprint density at radius 3 is 2.77 bits per heavy atom. The normalized spacial score (nSPS) is 15.4. The molecule has 0 saturated carbocycles. The van der Waals surface area contributed by atoms with Gasteiger partial charge in [0.25, 0.3) is 5.91 Å². The van der Waals surface area contributed by atoms with E-state index in [-0.39, 0.29) is 11.5 Å². The minimum absolute atomic E-state index is 0.0555. The minimum atomic E-state index is -0.367. The van der Waals surface area contributed by atoms with Crippen molar-refractivity contribution in [3.8, 4) is 6.07 Å². The van der Waals surface area contributed by atoms with E-state index in [4.69, 9.17) is 4.74 Å². The molecule has 6 heteroatoms. The first kappa shape index (κ1) is 17.9. The zero-order chi connectivity index (χ0) is 18.2. The number of fused-ring (bicyclic) bond motifs is 1. The lowest BCUT2D eigenvalue weighted by atomic mass is 10.1. The van der Waals surface area contributed by atoms with Crippen LogP contribution >= 0.6 is 0 Å². The number of morpholine rings is 1. The Labute approximate surface area is 153 Å². The van der Waals surface area contributed by atoms with Crippen molar-refractivity contribution in [3.05, 3.63) is 54.2 Å². The molecule has 1 amide bonds. The highest BCUT2D eigenvalue weighted by atomic mass is 16.5. The molecule has 1 aliphatic rings. The second-order valence-electron chi connectivity index (χ2n) is 6.05. The maximum absolute atomic E-state index is 12.2. The first-order valence-electron chi connectivity index (χ1n) is 8.71. The van der Waals surface area contributed by atoms with Crippen LogP contribution in [0.3, 0.4) is 0 Å². The molecule has 3 rings (SSSR count). The molecule has 2 N–H and O–H groups in total. The molecule has 0 bridgehead atoms. The molecule has 1 heterocycles. The molecule has 1 fully saturated rings. The van der Waals surface area contributed by atoms with Crippen molar-refractivity contribution in [2.24, 2.45) is 0 Å². The van der Waals surface area contributed by atoms with Gasteiger partial charge < -0.3 is 15.4 Å². The van der Waals surface area contributed by atoms with Crippen molar-refractivity contribution in [3.63, 3.8) is 0 Å². The Kier molecular flexibility index (Phi) is 6.20. The molecule has 2 aromatic rings. The van der Waals surface area contributed by atoms with E-state index in [1.807, 2.05) is 48.5 Å². The lowest BCUT2D eigenvalue weighted by molar-refractivity contribution is -0.117. The molecule has 2 aromatic carbocycles. The largest absolute Gasteiger partial charge is 0.379 e. The van der Waals surface area contributed by atoms with E-state index in [1.165, 1.54) is 6.20 Å².